The van der Waals surface area contributed by atoms with Crippen molar-refractivity contribution in [2.24, 2.45) is 4.99 Å². The number of guanidine groups is 1. The number of rotatable bonds is 7. The zero-order chi connectivity index (χ0) is 17.4. The predicted molar refractivity (Wildman–Crippen MR) is 116 cm³/mol. The summed E-state index contributed by atoms with van der Waals surface area (Å²) >= 11 is 0. The van der Waals surface area contributed by atoms with Gasteiger partial charge in [-0.05, 0) is 37.8 Å². The summed E-state index contributed by atoms with van der Waals surface area (Å²) in [6.07, 6.45) is 4.85. The largest absolute Gasteiger partial charge is 0.357 e. The molecule has 1 aliphatic rings. The minimum Gasteiger partial charge on any atom is -0.357 e. The number of fused-ring (bicyclic) bond motifs is 1. The Kier molecular flexibility index (Phi) is 9.55. The van der Waals surface area contributed by atoms with E-state index in [1.165, 1.54) is 5.56 Å². The number of para-hydroxylation sites is 1. The first-order valence-electron chi connectivity index (χ1n) is 8.66. The second-order valence-electron chi connectivity index (χ2n) is 5.95. The molecule has 1 aromatic rings. The number of nitrogens with zero attached hydrogens (tertiary/aromatic N) is 3. The first-order chi connectivity index (χ1) is 11.7. The van der Waals surface area contributed by atoms with Gasteiger partial charge < -0.3 is 15.1 Å². The van der Waals surface area contributed by atoms with E-state index < -0.39 is 0 Å². The van der Waals surface area contributed by atoms with Crippen LogP contribution in [0.25, 0.3) is 0 Å². The number of hydrogen-bond acceptors (Lipinski definition) is 2. The number of halogens is 1. The van der Waals surface area contributed by atoms with Gasteiger partial charge in [-0.1, -0.05) is 24.3 Å². The van der Waals surface area contributed by atoms with Crippen molar-refractivity contribution in [1.29, 1.82) is 0 Å². The highest BCUT2D eigenvalue weighted by molar-refractivity contribution is 14.0. The lowest BCUT2D eigenvalue weighted by Crippen LogP contribution is -2.40. The van der Waals surface area contributed by atoms with Crippen molar-refractivity contribution in [3.05, 3.63) is 42.5 Å². The van der Waals surface area contributed by atoms with E-state index in [0.29, 0.717) is 0 Å². The van der Waals surface area contributed by atoms with Crippen molar-refractivity contribution in [2.75, 3.05) is 38.1 Å². The van der Waals surface area contributed by atoms with Gasteiger partial charge in [0, 0.05) is 32.4 Å². The van der Waals surface area contributed by atoms with Crippen LogP contribution in [0.15, 0.2) is 41.9 Å². The Balaban J connectivity index is 0.00000312. The van der Waals surface area contributed by atoms with Crippen LogP contribution >= 0.6 is 24.0 Å². The Morgan fingerprint density at radius 2 is 2.20 bits per heavy atom. The number of nitrogens with one attached hydrogen (secondary N) is 1. The van der Waals surface area contributed by atoms with Crippen molar-refractivity contribution in [1.82, 2.24) is 10.2 Å². The summed E-state index contributed by atoms with van der Waals surface area (Å²) in [6, 6.07) is 8.09. The molecule has 0 unspecified atom stereocenters. The summed E-state index contributed by atoms with van der Waals surface area (Å²) in [5, 5.41) is 3.25. The number of amides is 1. The van der Waals surface area contributed by atoms with Crippen LogP contribution in [0.4, 0.5) is 5.69 Å². The number of anilines is 1. The van der Waals surface area contributed by atoms with Gasteiger partial charge in [0.15, 0.2) is 5.96 Å². The van der Waals surface area contributed by atoms with Crippen molar-refractivity contribution < 1.29 is 4.79 Å². The third-order valence-electron chi connectivity index (χ3n) is 4.15. The maximum absolute atomic E-state index is 12.6. The average Bonchev–Trinajstić information content (AvgIpc) is 3.02. The minimum atomic E-state index is 0. The fourth-order valence-electron chi connectivity index (χ4n) is 2.87. The van der Waals surface area contributed by atoms with E-state index in [1.807, 2.05) is 43.1 Å². The van der Waals surface area contributed by atoms with Gasteiger partial charge in [0.25, 0.3) is 0 Å². The van der Waals surface area contributed by atoms with Crippen LogP contribution < -0.4 is 10.2 Å². The number of aliphatic imine (C=N–C) groups is 1. The van der Waals surface area contributed by atoms with Crippen LogP contribution in [0.1, 0.15) is 25.3 Å². The summed E-state index contributed by atoms with van der Waals surface area (Å²) < 4.78 is 0. The number of unbranched alkanes of at least 4 members (excludes halogenated alkanes) is 1. The van der Waals surface area contributed by atoms with E-state index in [9.17, 15) is 4.79 Å². The SMILES string of the molecule is C=CCCCN(C)C(=NCC(=O)N1CCc2ccccc21)NCC.I. The van der Waals surface area contributed by atoms with Gasteiger partial charge in [-0.3, -0.25) is 4.79 Å². The first-order valence-corrected chi connectivity index (χ1v) is 8.66. The van der Waals surface area contributed by atoms with E-state index in [-0.39, 0.29) is 36.4 Å². The fourth-order valence-corrected chi connectivity index (χ4v) is 2.87. The van der Waals surface area contributed by atoms with E-state index in [4.69, 9.17) is 0 Å². The molecule has 0 saturated heterocycles. The molecule has 1 N–H and O–H groups in total. The van der Waals surface area contributed by atoms with Crippen LogP contribution in [-0.4, -0.2) is 50.0 Å². The minimum absolute atomic E-state index is 0. The second-order valence-corrected chi connectivity index (χ2v) is 5.95. The maximum atomic E-state index is 12.6. The highest BCUT2D eigenvalue weighted by atomic mass is 127. The van der Waals surface area contributed by atoms with Crippen LogP contribution in [0.3, 0.4) is 0 Å². The normalized spacial score (nSPS) is 13.0. The number of hydrogen-bond donors (Lipinski definition) is 1. The molecule has 0 fully saturated rings. The van der Waals surface area contributed by atoms with Crippen molar-refractivity contribution >= 4 is 41.5 Å². The topological polar surface area (TPSA) is 47.9 Å². The van der Waals surface area contributed by atoms with Gasteiger partial charge in [-0.2, -0.15) is 0 Å². The Morgan fingerprint density at radius 1 is 1.44 bits per heavy atom. The molecule has 1 amide bonds. The van der Waals surface area contributed by atoms with Crippen LogP contribution in [0.5, 0.6) is 0 Å². The number of benzene rings is 1. The summed E-state index contributed by atoms with van der Waals surface area (Å²) in [7, 11) is 2.00. The lowest BCUT2D eigenvalue weighted by atomic mass is 10.2. The molecule has 0 spiro atoms. The quantitative estimate of drug-likeness (QED) is 0.226. The number of carbonyl (C=O) groups is 1. The summed E-state index contributed by atoms with van der Waals surface area (Å²) in [4.78, 5) is 21.0. The van der Waals surface area contributed by atoms with Gasteiger partial charge in [-0.15, -0.1) is 30.6 Å². The first kappa shape index (κ1) is 21.5. The van der Waals surface area contributed by atoms with Gasteiger partial charge in [0.1, 0.15) is 6.54 Å². The summed E-state index contributed by atoms with van der Waals surface area (Å²) in [5.74, 6) is 0.831. The maximum Gasteiger partial charge on any atom is 0.248 e. The molecule has 25 heavy (non-hydrogen) atoms. The fraction of sp³-hybridized carbons (Fsp3) is 0.474. The van der Waals surface area contributed by atoms with Gasteiger partial charge in [-0.25, -0.2) is 4.99 Å². The highest BCUT2D eigenvalue weighted by Gasteiger charge is 2.23. The molecule has 5 nitrogen and oxygen atoms in total. The molecule has 1 aliphatic heterocycles. The third-order valence-corrected chi connectivity index (χ3v) is 4.15. The Labute approximate surface area is 168 Å². The molecule has 1 heterocycles. The molecule has 6 heteroatoms. The molecule has 0 bridgehead atoms. The molecule has 0 saturated carbocycles. The zero-order valence-electron chi connectivity index (χ0n) is 15.2. The lowest BCUT2D eigenvalue weighted by Gasteiger charge is -2.22. The zero-order valence-corrected chi connectivity index (χ0v) is 17.5. The molecular formula is C19H29IN4O. The van der Waals surface area contributed by atoms with E-state index in [2.05, 4.69) is 27.9 Å². The summed E-state index contributed by atoms with van der Waals surface area (Å²) in [6.45, 7) is 8.37. The number of carbonyl (C=O) groups excluding carboxylic acids is 1. The van der Waals surface area contributed by atoms with Gasteiger partial charge in [0.2, 0.25) is 5.91 Å². The predicted octanol–water partition coefficient (Wildman–Crippen LogP) is 3.06. The molecular weight excluding hydrogens is 427 g/mol. The number of allylic oxidation sites excluding steroid dienone is 1. The second kappa shape index (κ2) is 11.1. The monoisotopic (exact) mass is 456 g/mol. The average molecular weight is 456 g/mol. The van der Waals surface area contributed by atoms with Gasteiger partial charge >= 0.3 is 0 Å². The molecule has 0 aromatic heterocycles. The Morgan fingerprint density at radius 3 is 2.92 bits per heavy atom. The molecule has 0 radical (unpaired) electrons. The standard InChI is InChI=1S/C19H28N4O.HI/c1-4-6-9-13-22(3)19(20-5-2)21-15-18(24)23-14-12-16-10-7-8-11-17(16)23;/h4,7-8,10-11H,1,5-6,9,12-15H2,2-3H3,(H,20,21);1H. The summed E-state index contributed by atoms with van der Waals surface area (Å²) in [5.41, 5.74) is 2.27. The van der Waals surface area contributed by atoms with Crippen molar-refractivity contribution in [3.8, 4) is 0 Å². The van der Waals surface area contributed by atoms with Crippen LogP contribution in [0.2, 0.25) is 0 Å². The van der Waals surface area contributed by atoms with E-state index in [1.54, 1.807) is 0 Å². The Bertz CT molecular complexity index is 603. The molecule has 0 atom stereocenters. The molecule has 0 aliphatic carbocycles. The Hall–Kier alpha value is -1.57. The smallest absolute Gasteiger partial charge is 0.248 e. The molecule has 1 aromatic carbocycles. The third kappa shape index (κ3) is 6.02. The van der Waals surface area contributed by atoms with Crippen molar-refractivity contribution in [2.45, 2.75) is 26.2 Å². The van der Waals surface area contributed by atoms with Crippen LogP contribution in [0, 0.1) is 0 Å². The molecule has 138 valence electrons. The molecule has 2 rings (SSSR count). The van der Waals surface area contributed by atoms with Crippen LogP contribution in [-0.2, 0) is 11.2 Å². The lowest BCUT2D eigenvalue weighted by molar-refractivity contribution is -0.117. The van der Waals surface area contributed by atoms with E-state index in [0.717, 1.165) is 50.5 Å². The van der Waals surface area contributed by atoms with Crippen molar-refractivity contribution in [3.63, 3.8) is 0 Å². The van der Waals surface area contributed by atoms with E-state index >= 15 is 0 Å². The highest BCUT2D eigenvalue weighted by Crippen LogP contribution is 2.27. The van der Waals surface area contributed by atoms with Gasteiger partial charge in [0.05, 0.1) is 0 Å².